The molecule has 0 saturated carbocycles. The second kappa shape index (κ2) is 15.5. The molecule has 38 heavy (non-hydrogen) atoms. The molecular weight excluding hydrogens is 490 g/mol. The molecule has 0 aliphatic rings. The van der Waals surface area contributed by atoms with Gasteiger partial charge in [0.15, 0.2) is 11.6 Å². The van der Waals surface area contributed by atoms with Crippen LogP contribution in [0.2, 0.25) is 0 Å². The summed E-state index contributed by atoms with van der Waals surface area (Å²) in [5.41, 5.74) is 4.85. The van der Waals surface area contributed by atoms with E-state index in [0.29, 0.717) is 17.4 Å². The Kier molecular flexibility index (Phi) is 12.5. The van der Waals surface area contributed by atoms with Crippen LogP contribution < -0.4 is 10.1 Å². The fourth-order valence-electron chi connectivity index (χ4n) is 3.30. The molecule has 200 valence electrons. The fourth-order valence-corrected chi connectivity index (χ4v) is 4.31. The Hall–Kier alpha value is -3.71. The number of para-hydroxylation sites is 1. The van der Waals surface area contributed by atoms with Gasteiger partial charge in [0, 0.05) is 40.5 Å². The van der Waals surface area contributed by atoms with Crippen LogP contribution in [0.1, 0.15) is 58.5 Å². The van der Waals surface area contributed by atoms with Crippen LogP contribution >= 0.6 is 11.8 Å². The number of amidine groups is 1. The molecule has 3 aromatic rings. The Balaban J connectivity index is 0.00000247. The topological polar surface area (TPSA) is 71.8 Å². The van der Waals surface area contributed by atoms with Gasteiger partial charge in [0.2, 0.25) is 0 Å². The minimum Gasteiger partial charge on any atom is -0.453 e. The highest BCUT2D eigenvalue weighted by Gasteiger charge is 2.14. The molecule has 0 spiro atoms. The van der Waals surface area contributed by atoms with Gasteiger partial charge in [-0.25, -0.2) is 9.98 Å². The zero-order chi connectivity index (χ0) is 28.1. The highest BCUT2D eigenvalue weighted by atomic mass is 32.2. The van der Waals surface area contributed by atoms with Gasteiger partial charge < -0.3 is 10.1 Å². The van der Waals surface area contributed by atoms with Crippen molar-refractivity contribution in [2.75, 3.05) is 7.05 Å². The van der Waals surface area contributed by atoms with Crippen molar-refractivity contribution in [3.63, 3.8) is 0 Å². The molecule has 0 aliphatic heterocycles. The molecule has 0 saturated heterocycles. The zero-order valence-electron chi connectivity index (χ0n) is 24.0. The third-order valence-electron chi connectivity index (χ3n) is 5.35. The molecule has 0 bridgehead atoms. The van der Waals surface area contributed by atoms with E-state index in [2.05, 4.69) is 28.3 Å². The predicted molar refractivity (Wildman–Crippen MR) is 163 cm³/mol. The lowest BCUT2D eigenvalue weighted by molar-refractivity contribution is 0.480. The molecule has 0 unspecified atom stereocenters. The standard InChI is InChI=1S/C29H33N5OS.C2H6/c1-8-13-27(32-19(3)9-2)34-29-25(35-23-14-11-10-12-15-23)17-24(18-31-29)36-26-16-20(4)33-28(21(26)5)22(6)30-7;1-2/h8-18H,1-7H3,(H,31,32,34);1-2H3/b13-8+,19-9-,30-22?;. The van der Waals surface area contributed by atoms with Gasteiger partial charge in [0.05, 0.1) is 11.4 Å². The molecule has 1 N–H and O–H groups in total. The molecule has 3 rings (SSSR count). The quantitative estimate of drug-likeness (QED) is 0.234. The van der Waals surface area contributed by atoms with Crippen molar-refractivity contribution in [1.29, 1.82) is 0 Å². The number of rotatable bonds is 8. The van der Waals surface area contributed by atoms with Gasteiger partial charge in [-0.1, -0.05) is 56.0 Å². The molecule has 2 heterocycles. The van der Waals surface area contributed by atoms with E-state index in [1.165, 1.54) is 0 Å². The first-order valence-corrected chi connectivity index (χ1v) is 13.6. The van der Waals surface area contributed by atoms with E-state index in [9.17, 15) is 0 Å². The van der Waals surface area contributed by atoms with Gasteiger partial charge in [-0.05, 0) is 71.4 Å². The number of allylic oxidation sites excluding steroid dienone is 3. The second-order valence-electron chi connectivity index (χ2n) is 8.15. The van der Waals surface area contributed by atoms with Gasteiger partial charge in [0.1, 0.15) is 11.6 Å². The van der Waals surface area contributed by atoms with Gasteiger partial charge in [-0.3, -0.25) is 9.98 Å². The van der Waals surface area contributed by atoms with Gasteiger partial charge in [0.25, 0.3) is 0 Å². The van der Waals surface area contributed by atoms with E-state index in [-0.39, 0.29) is 0 Å². The molecular formula is C31H39N5OS. The molecule has 2 aromatic heterocycles. The van der Waals surface area contributed by atoms with Crippen molar-refractivity contribution < 1.29 is 4.74 Å². The molecule has 1 aromatic carbocycles. The summed E-state index contributed by atoms with van der Waals surface area (Å²) in [5.74, 6) is 2.46. The summed E-state index contributed by atoms with van der Waals surface area (Å²) in [4.78, 5) is 20.5. The first-order valence-electron chi connectivity index (χ1n) is 12.8. The summed E-state index contributed by atoms with van der Waals surface area (Å²) in [6, 6.07) is 13.7. The maximum Gasteiger partial charge on any atom is 0.197 e. The average molecular weight is 530 g/mol. The van der Waals surface area contributed by atoms with Crippen LogP contribution in [0.5, 0.6) is 11.5 Å². The summed E-state index contributed by atoms with van der Waals surface area (Å²) >= 11 is 1.62. The Morgan fingerprint density at radius 3 is 2.39 bits per heavy atom. The lowest BCUT2D eigenvalue weighted by Gasteiger charge is -2.14. The molecule has 0 amide bonds. The zero-order valence-corrected chi connectivity index (χ0v) is 24.8. The average Bonchev–Trinajstić information content (AvgIpc) is 2.93. The summed E-state index contributed by atoms with van der Waals surface area (Å²) < 4.78 is 6.25. The number of benzene rings is 1. The monoisotopic (exact) mass is 529 g/mol. The number of hydrogen-bond acceptors (Lipinski definition) is 6. The minimum absolute atomic E-state index is 0.491. The Morgan fingerprint density at radius 2 is 1.76 bits per heavy atom. The summed E-state index contributed by atoms with van der Waals surface area (Å²) in [5, 5.41) is 3.30. The number of aromatic nitrogens is 2. The molecule has 6 nitrogen and oxygen atoms in total. The maximum atomic E-state index is 6.25. The van der Waals surface area contributed by atoms with E-state index in [1.807, 2.05) is 109 Å². The predicted octanol–water partition coefficient (Wildman–Crippen LogP) is 8.62. The first-order chi connectivity index (χ1) is 18.3. The molecule has 0 radical (unpaired) electrons. The summed E-state index contributed by atoms with van der Waals surface area (Å²) in [7, 11) is 1.79. The highest BCUT2D eigenvalue weighted by molar-refractivity contribution is 7.99. The van der Waals surface area contributed by atoms with Crippen molar-refractivity contribution in [1.82, 2.24) is 15.3 Å². The maximum absolute atomic E-state index is 6.25. The number of aryl methyl sites for hydroxylation is 1. The lowest BCUT2D eigenvalue weighted by Crippen LogP contribution is -2.18. The van der Waals surface area contributed by atoms with Crippen LogP contribution in [0.4, 0.5) is 5.82 Å². The number of aliphatic imine (C=N–C) groups is 2. The van der Waals surface area contributed by atoms with E-state index in [1.54, 1.807) is 18.8 Å². The molecule has 0 aliphatic carbocycles. The summed E-state index contributed by atoms with van der Waals surface area (Å²) in [6.07, 6.45) is 7.66. The number of nitrogens with zero attached hydrogens (tertiary/aromatic N) is 4. The van der Waals surface area contributed by atoms with Crippen LogP contribution in [0, 0.1) is 13.8 Å². The largest absolute Gasteiger partial charge is 0.453 e. The highest BCUT2D eigenvalue weighted by Crippen LogP contribution is 2.38. The molecule has 0 fully saturated rings. The lowest BCUT2D eigenvalue weighted by atomic mass is 10.1. The summed E-state index contributed by atoms with van der Waals surface area (Å²) in [6.45, 7) is 16.0. The number of nitrogens with one attached hydrogen (secondary N) is 1. The fraction of sp³-hybridized carbons (Fsp3) is 0.290. The number of ether oxygens (including phenoxy) is 1. The van der Waals surface area contributed by atoms with E-state index in [4.69, 9.17) is 14.7 Å². The van der Waals surface area contributed by atoms with Crippen molar-refractivity contribution >= 4 is 29.1 Å². The van der Waals surface area contributed by atoms with E-state index < -0.39 is 0 Å². The number of pyridine rings is 2. The first kappa shape index (κ1) is 30.5. The van der Waals surface area contributed by atoms with Crippen molar-refractivity contribution in [2.45, 2.75) is 65.2 Å². The normalized spacial score (nSPS) is 12.3. The van der Waals surface area contributed by atoms with Crippen LogP contribution in [-0.2, 0) is 0 Å². The Bertz CT molecular complexity index is 1330. The Labute approximate surface area is 232 Å². The smallest absolute Gasteiger partial charge is 0.197 e. The minimum atomic E-state index is 0.491. The van der Waals surface area contributed by atoms with Crippen molar-refractivity contribution in [3.8, 4) is 11.5 Å². The third kappa shape index (κ3) is 8.70. The molecule has 7 heteroatoms. The second-order valence-corrected chi connectivity index (χ2v) is 9.26. The van der Waals surface area contributed by atoms with Crippen LogP contribution in [0.25, 0.3) is 0 Å². The van der Waals surface area contributed by atoms with Gasteiger partial charge in [-0.2, -0.15) is 0 Å². The van der Waals surface area contributed by atoms with E-state index in [0.717, 1.165) is 43.9 Å². The van der Waals surface area contributed by atoms with Gasteiger partial charge >= 0.3 is 0 Å². The SMILES string of the molecule is C/C=C(/C)NC(/C=C/C)=N/c1ncc(Sc2cc(C)nc(C(C)=NC)c2C)cc1Oc1ccccc1.CC. The third-order valence-corrected chi connectivity index (χ3v) is 6.45. The number of hydrogen-bond donors (Lipinski definition) is 1. The van der Waals surface area contributed by atoms with Crippen LogP contribution in [0.3, 0.4) is 0 Å². The van der Waals surface area contributed by atoms with Crippen molar-refractivity contribution in [2.24, 2.45) is 9.98 Å². The molecule has 0 atom stereocenters. The van der Waals surface area contributed by atoms with E-state index >= 15 is 0 Å². The van der Waals surface area contributed by atoms with Crippen LogP contribution in [-0.4, -0.2) is 28.6 Å². The van der Waals surface area contributed by atoms with Gasteiger partial charge in [-0.15, -0.1) is 0 Å². The Morgan fingerprint density at radius 1 is 1.05 bits per heavy atom. The van der Waals surface area contributed by atoms with Crippen molar-refractivity contribution in [3.05, 3.63) is 89.5 Å². The van der Waals surface area contributed by atoms with Crippen LogP contribution in [0.15, 0.2) is 92.4 Å².